The predicted octanol–water partition coefficient (Wildman–Crippen LogP) is 17.9. The van der Waals surface area contributed by atoms with Crippen molar-refractivity contribution in [1.82, 2.24) is 0 Å². The Morgan fingerprint density at radius 1 is 0.333 bits per heavy atom. The number of carbonyl (C=O) groups is 3. The van der Waals surface area contributed by atoms with Crippen LogP contribution in [0.3, 0.4) is 0 Å². The van der Waals surface area contributed by atoms with Gasteiger partial charge in [-0.25, -0.2) is 0 Å². The summed E-state index contributed by atoms with van der Waals surface area (Å²) in [5.74, 6) is -0.984. The number of ether oxygens (including phenoxy) is 3. The summed E-state index contributed by atoms with van der Waals surface area (Å²) in [6, 6.07) is 0. The fourth-order valence-corrected chi connectivity index (χ4v) is 7.72. The van der Waals surface area contributed by atoms with Crippen molar-refractivity contribution in [2.75, 3.05) is 13.2 Å². The lowest BCUT2D eigenvalue weighted by Gasteiger charge is -2.18. The zero-order valence-corrected chi connectivity index (χ0v) is 41.8. The maximum Gasteiger partial charge on any atom is 0.306 e. The lowest BCUT2D eigenvalue weighted by molar-refractivity contribution is -0.166. The lowest BCUT2D eigenvalue weighted by atomic mass is 10.0. The lowest BCUT2D eigenvalue weighted by Crippen LogP contribution is -2.30. The quantitative estimate of drug-likeness (QED) is 0.0199. The average Bonchev–Trinajstić information content (AvgIpc) is 3.28. The summed E-state index contributed by atoms with van der Waals surface area (Å²) in [4.78, 5) is 38.0. The smallest absolute Gasteiger partial charge is 0.306 e. The molecule has 0 aromatic heterocycles. The molecule has 1 atom stereocenters. The topological polar surface area (TPSA) is 78.9 Å². The molecule has 0 aliphatic heterocycles. The number of unbranched alkanes of at least 4 members (excludes halogenated alkanes) is 31. The van der Waals surface area contributed by atoms with Crippen LogP contribution >= 0.6 is 0 Å². The van der Waals surface area contributed by atoms with Crippen molar-refractivity contribution in [1.29, 1.82) is 0 Å². The Labute approximate surface area is 390 Å². The van der Waals surface area contributed by atoms with E-state index in [9.17, 15) is 14.4 Å². The van der Waals surface area contributed by atoms with Crippen molar-refractivity contribution in [3.8, 4) is 0 Å². The summed E-state index contributed by atoms with van der Waals surface area (Å²) < 4.78 is 16.7. The first-order chi connectivity index (χ1) is 31.0. The van der Waals surface area contributed by atoms with Gasteiger partial charge >= 0.3 is 17.9 Å². The maximum absolute atomic E-state index is 12.8. The molecule has 0 bridgehead atoms. The molecule has 6 heteroatoms. The van der Waals surface area contributed by atoms with Crippen LogP contribution in [0.1, 0.15) is 278 Å². The zero-order chi connectivity index (χ0) is 45.8. The van der Waals surface area contributed by atoms with Crippen molar-refractivity contribution in [2.45, 2.75) is 284 Å². The third-order valence-electron chi connectivity index (χ3n) is 11.8. The van der Waals surface area contributed by atoms with Gasteiger partial charge < -0.3 is 14.2 Å². The van der Waals surface area contributed by atoms with Gasteiger partial charge in [0.2, 0.25) is 0 Å². The average molecular weight is 883 g/mol. The number of esters is 3. The van der Waals surface area contributed by atoms with Crippen molar-refractivity contribution in [2.24, 2.45) is 0 Å². The van der Waals surface area contributed by atoms with Crippen LogP contribution in [-0.2, 0) is 28.6 Å². The van der Waals surface area contributed by atoms with Crippen LogP contribution < -0.4 is 0 Å². The Bertz CT molecular complexity index is 1110. The molecule has 0 aromatic carbocycles. The fourth-order valence-electron chi connectivity index (χ4n) is 7.72. The third kappa shape index (κ3) is 50.2. The maximum atomic E-state index is 12.8. The number of hydrogen-bond donors (Lipinski definition) is 0. The molecule has 0 aliphatic rings. The normalized spacial score (nSPS) is 12.4. The fraction of sp³-hybridized carbons (Fsp3) is 0.807. The van der Waals surface area contributed by atoms with Gasteiger partial charge in [-0.1, -0.05) is 243 Å². The first-order valence-electron chi connectivity index (χ1n) is 27.2. The highest BCUT2D eigenvalue weighted by molar-refractivity contribution is 5.71. The van der Waals surface area contributed by atoms with Crippen LogP contribution in [0.15, 0.2) is 48.6 Å². The monoisotopic (exact) mass is 883 g/mol. The highest BCUT2D eigenvalue weighted by Crippen LogP contribution is 2.15. The third-order valence-corrected chi connectivity index (χ3v) is 11.8. The van der Waals surface area contributed by atoms with Gasteiger partial charge in [0.05, 0.1) is 0 Å². The molecule has 0 radical (unpaired) electrons. The first-order valence-corrected chi connectivity index (χ1v) is 27.2. The van der Waals surface area contributed by atoms with E-state index >= 15 is 0 Å². The Hall–Kier alpha value is -2.63. The summed E-state index contributed by atoms with van der Waals surface area (Å²) in [5, 5.41) is 0. The molecule has 0 spiro atoms. The molecule has 0 saturated heterocycles. The molecule has 0 rings (SSSR count). The second-order valence-electron chi connectivity index (χ2n) is 18.2. The van der Waals surface area contributed by atoms with E-state index in [2.05, 4.69) is 63.3 Å². The van der Waals surface area contributed by atoms with Gasteiger partial charge in [0.15, 0.2) is 6.10 Å². The van der Waals surface area contributed by atoms with Crippen molar-refractivity contribution in [3.05, 3.63) is 48.6 Å². The molecule has 0 N–H and O–H groups in total. The van der Waals surface area contributed by atoms with Crippen LogP contribution in [0.5, 0.6) is 0 Å². The molecule has 366 valence electrons. The number of rotatable bonds is 49. The van der Waals surface area contributed by atoms with Gasteiger partial charge in [0.1, 0.15) is 13.2 Å². The highest BCUT2D eigenvalue weighted by atomic mass is 16.6. The first kappa shape index (κ1) is 60.4. The molecule has 63 heavy (non-hydrogen) atoms. The molecule has 0 heterocycles. The van der Waals surface area contributed by atoms with E-state index in [0.29, 0.717) is 19.3 Å². The number of allylic oxidation sites excluding steroid dienone is 8. The second kappa shape index (κ2) is 52.0. The largest absolute Gasteiger partial charge is 0.462 e. The van der Waals surface area contributed by atoms with E-state index < -0.39 is 6.10 Å². The second-order valence-corrected chi connectivity index (χ2v) is 18.2. The van der Waals surface area contributed by atoms with E-state index in [0.717, 1.165) is 64.2 Å². The minimum absolute atomic E-state index is 0.101. The van der Waals surface area contributed by atoms with Gasteiger partial charge in [-0.3, -0.25) is 14.4 Å². The Kier molecular flexibility index (Phi) is 49.8. The van der Waals surface area contributed by atoms with Crippen molar-refractivity contribution < 1.29 is 28.6 Å². The summed E-state index contributed by atoms with van der Waals surface area (Å²) in [7, 11) is 0. The van der Waals surface area contributed by atoms with Crippen LogP contribution in [-0.4, -0.2) is 37.2 Å². The van der Waals surface area contributed by atoms with Crippen molar-refractivity contribution >= 4 is 17.9 Å². The van der Waals surface area contributed by atoms with Crippen LogP contribution in [0.25, 0.3) is 0 Å². The van der Waals surface area contributed by atoms with Gasteiger partial charge in [-0.15, -0.1) is 0 Å². The summed E-state index contributed by atoms with van der Waals surface area (Å²) in [6.07, 6.45) is 62.5. The summed E-state index contributed by atoms with van der Waals surface area (Å²) in [6.45, 7) is 6.57. The molecular weight excluding hydrogens is 781 g/mol. The van der Waals surface area contributed by atoms with Gasteiger partial charge in [-0.2, -0.15) is 0 Å². The van der Waals surface area contributed by atoms with Gasteiger partial charge in [0.25, 0.3) is 0 Å². The molecule has 1 unspecified atom stereocenters. The molecule has 6 nitrogen and oxygen atoms in total. The SMILES string of the molecule is CCCCCCCC/C=C\C/C=C\CCC(=O)OCC(COC(=O)CCCCC/C=C\C=C/CCCCCCCCC)OC(=O)CCCCCCCCCCCCCCCCCC. The Morgan fingerprint density at radius 2 is 0.651 bits per heavy atom. The van der Waals surface area contributed by atoms with Crippen LogP contribution in [0, 0.1) is 0 Å². The Morgan fingerprint density at radius 3 is 1.08 bits per heavy atom. The van der Waals surface area contributed by atoms with Crippen LogP contribution in [0.4, 0.5) is 0 Å². The van der Waals surface area contributed by atoms with Gasteiger partial charge in [0, 0.05) is 19.3 Å². The minimum atomic E-state index is -0.803. The molecule has 0 amide bonds. The molecule has 0 aliphatic carbocycles. The van der Waals surface area contributed by atoms with E-state index in [-0.39, 0.29) is 37.5 Å². The molecule has 0 saturated carbocycles. The summed E-state index contributed by atoms with van der Waals surface area (Å²) in [5.41, 5.74) is 0. The summed E-state index contributed by atoms with van der Waals surface area (Å²) >= 11 is 0. The van der Waals surface area contributed by atoms with Crippen LogP contribution in [0.2, 0.25) is 0 Å². The highest BCUT2D eigenvalue weighted by Gasteiger charge is 2.19. The Balaban J connectivity index is 4.45. The minimum Gasteiger partial charge on any atom is -0.462 e. The molecule has 0 fully saturated rings. The molecule has 0 aromatic rings. The number of carbonyl (C=O) groups excluding carboxylic acids is 3. The zero-order valence-electron chi connectivity index (χ0n) is 41.8. The molecular formula is C57H102O6. The standard InChI is InChI=1S/C57H102O6/c1-4-7-10-13-16-19-22-25-27-29-32-35-38-41-44-47-50-56(59)62-53-54(52-61-55(58)49-46-43-40-37-34-31-24-21-18-15-12-9-6-3)63-57(60)51-48-45-42-39-36-33-30-28-26-23-20-17-14-11-8-5-2/h27,29,31-32,34-35,40,43,54H,4-26,28,30,33,36-39,41-42,44-53H2,1-3H3/b29-27-,34-31-,35-32-,43-40-. The van der Waals surface area contributed by atoms with Crippen molar-refractivity contribution in [3.63, 3.8) is 0 Å². The van der Waals surface area contributed by atoms with E-state index in [4.69, 9.17) is 14.2 Å². The van der Waals surface area contributed by atoms with Gasteiger partial charge in [-0.05, 0) is 64.2 Å². The van der Waals surface area contributed by atoms with E-state index in [1.807, 2.05) is 6.08 Å². The number of hydrogen-bond acceptors (Lipinski definition) is 6. The predicted molar refractivity (Wildman–Crippen MR) is 270 cm³/mol. The van der Waals surface area contributed by atoms with E-state index in [1.165, 1.54) is 167 Å². The van der Waals surface area contributed by atoms with E-state index in [1.54, 1.807) is 0 Å².